The molecule has 6 heteroatoms. The molecule has 1 aliphatic rings. The van der Waals surface area contributed by atoms with Gasteiger partial charge in [0.15, 0.2) is 5.82 Å². The quantitative estimate of drug-likeness (QED) is 0.552. The van der Waals surface area contributed by atoms with Crippen molar-refractivity contribution in [3.8, 4) is 22.6 Å². The molecule has 5 nitrogen and oxygen atoms in total. The molecule has 0 amide bonds. The molecule has 1 fully saturated rings. The van der Waals surface area contributed by atoms with Gasteiger partial charge in [0.2, 0.25) is 0 Å². The van der Waals surface area contributed by atoms with E-state index in [-0.39, 0.29) is 5.82 Å². The molecule has 0 aliphatic carbocycles. The van der Waals surface area contributed by atoms with Crippen LogP contribution >= 0.6 is 0 Å². The van der Waals surface area contributed by atoms with E-state index >= 15 is 0 Å². The fraction of sp³-hybridized carbons (Fsp3) is 0.143. The lowest BCUT2D eigenvalue weighted by Crippen LogP contribution is -2.37. The molecule has 132 valence electrons. The Balaban J connectivity index is 1.69. The molecule has 0 N–H and O–H groups in total. The Bertz CT molecular complexity index is 1110. The lowest BCUT2D eigenvalue weighted by Gasteiger charge is -2.33. The zero-order valence-electron chi connectivity index (χ0n) is 14.5. The van der Waals surface area contributed by atoms with Crippen molar-refractivity contribution in [2.45, 2.75) is 6.42 Å². The summed E-state index contributed by atoms with van der Waals surface area (Å²) >= 11 is 0. The van der Waals surface area contributed by atoms with Crippen molar-refractivity contribution in [1.29, 1.82) is 0 Å². The second-order valence-corrected chi connectivity index (χ2v) is 6.54. The molecule has 0 radical (unpaired) electrons. The van der Waals surface area contributed by atoms with Gasteiger partial charge in [0.05, 0.1) is 11.7 Å². The molecule has 0 unspecified atom stereocenters. The third-order valence-corrected chi connectivity index (χ3v) is 4.80. The number of hydrogen-bond acceptors (Lipinski definition) is 5. The van der Waals surface area contributed by atoms with Crippen molar-refractivity contribution in [2.75, 3.05) is 18.0 Å². The van der Waals surface area contributed by atoms with E-state index < -0.39 is 0 Å². The monoisotopic (exact) mass is 357 g/mol. The second-order valence-electron chi connectivity index (χ2n) is 6.54. The van der Waals surface area contributed by atoms with Crippen LogP contribution < -0.4 is 4.90 Å². The maximum Gasteiger partial charge on any atom is 0.182 e. The second kappa shape index (κ2) is 6.39. The summed E-state index contributed by atoms with van der Waals surface area (Å²) in [7, 11) is 0. The van der Waals surface area contributed by atoms with Crippen LogP contribution in [0.25, 0.3) is 33.5 Å². The summed E-state index contributed by atoms with van der Waals surface area (Å²) in [6.45, 7) is 1.98. The molecule has 0 saturated carbocycles. The summed E-state index contributed by atoms with van der Waals surface area (Å²) in [5.74, 6) is 1.25. The minimum Gasteiger partial charge on any atom is -0.356 e. The molecule has 3 heterocycles. The minimum absolute atomic E-state index is 0.244. The molecule has 0 atom stereocenters. The van der Waals surface area contributed by atoms with Crippen molar-refractivity contribution in [3.63, 3.8) is 0 Å². The van der Waals surface area contributed by atoms with Crippen LogP contribution in [-0.4, -0.2) is 33.0 Å². The zero-order valence-corrected chi connectivity index (χ0v) is 14.5. The number of hydrogen-bond donors (Lipinski definition) is 0. The van der Waals surface area contributed by atoms with Crippen molar-refractivity contribution < 1.29 is 4.39 Å². The lowest BCUT2D eigenvalue weighted by atomic mass is 10.0. The van der Waals surface area contributed by atoms with E-state index in [4.69, 9.17) is 9.97 Å². The topological polar surface area (TPSA) is 54.8 Å². The Morgan fingerprint density at radius 1 is 0.889 bits per heavy atom. The van der Waals surface area contributed by atoms with Crippen LogP contribution in [0.3, 0.4) is 0 Å². The van der Waals surface area contributed by atoms with Gasteiger partial charge in [-0.05, 0) is 41.8 Å². The highest BCUT2D eigenvalue weighted by Crippen LogP contribution is 2.32. The molecule has 27 heavy (non-hydrogen) atoms. The van der Waals surface area contributed by atoms with Crippen LogP contribution in [0.1, 0.15) is 6.42 Å². The van der Waals surface area contributed by atoms with Gasteiger partial charge in [-0.1, -0.05) is 18.2 Å². The van der Waals surface area contributed by atoms with Gasteiger partial charge in [-0.25, -0.2) is 19.3 Å². The lowest BCUT2D eigenvalue weighted by molar-refractivity contribution is 0.612. The molecule has 2 aromatic carbocycles. The number of rotatable bonds is 3. The van der Waals surface area contributed by atoms with E-state index in [0.29, 0.717) is 11.5 Å². The predicted octanol–water partition coefficient (Wildman–Crippen LogP) is 4.10. The van der Waals surface area contributed by atoms with Crippen LogP contribution in [0, 0.1) is 5.82 Å². The Labute approximate surface area is 155 Å². The highest BCUT2D eigenvalue weighted by atomic mass is 19.1. The fourth-order valence-corrected chi connectivity index (χ4v) is 3.23. The summed E-state index contributed by atoms with van der Waals surface area (Å²) in [5.41, 5.74) is 3.42. The molecule has 2 aromatic heterocycles. The summed E-state index contributed by atoms with van der Waals surface area (Å²) in [4.78, 5) is 20.2. The number of aromatic nitrogens is 4. The van der Waals surface area contributed by atoms with Crippen LogP contribution in [0.15, 0.2) is 61.1 Å². The molecular formula is C21H16FN5. The number of nitrogens with zero attached hydrogens (tertiary/aromatic N) is 5. The predicted molar refractivity (Wildman–Crippen MR) is 103 cm³/mol. The van der Waals surface area contributed by atoms with Crippen molar-refractivity contribution in [2.24, 2.45) is 0 Å². The first-order valence-electron chi connectivity index (χ1n) is 8.87. The summed E-state index contributed by atoms with van der Waals surface area (Å²) in [6, 6.07) is 12.6. The van der Waals surface area contributed by atoms with Gasteiger partial charge >= 0.3 is 0 Å². The van der Waals surface area contributed by atoms with Crippen LogP contribution in [0.2, 0.25) is 0 Å². The van der Waals surface area contributed by atoms with Gasteiger partial charge in [0.1, 0.15) is 17.3 Å². The Morgan fingerprint density at radius 2 is 1.70 bits per heavy atom. The Kier molecular flexibility index (Phi) is 3.74. The molecule has 1 aliphatic heterocycles. The fourth-order valence-electron chi connectivity index (χ4n) is 3.23. The van der Waals surface area contributed by atoms with E-state index in [9.17, 15) is 4.39 Å². The summed E-state index contributed by atoms with van der Waals surface area (Å²) < 4.78 is 13.2. The van der Waals surface area contributed by atoms with Crippen LogP contribution in [-0.2, 0) is 0 Å². The van der Waals surface area contributed by atoms with Gasteiger partial charge < -0.3 is 4.90 Å². The van der Waals surface area contributed by atoms with Gasteiger partial charge in [0.25, 0.3) is 0 Å². The van der Waals surface area contributed by atoms with Gasteiger partial charge in [-0.15, -0.1) is 0 Å². The molecule has 5 rings (SSSR count). The maximum absolute atomic E-state index is 13.2. The number of halogens is 1. The zero-order chi connectivity index (χ0) is 18.2. The molecular weight excluding hydrogens is 341 g/mol. The van der Waals surface area contributed by atoms with E-state index in [1.807, 2.05) is 18.2 Å². The normalized spacial score (nSPS) is 13.6. The van der Waals surface area contributed by atoms with Crippen LogP contribution in [0.4, 0.5) is 10.2 Å². The van der Waals surface area contributed by atoms with E-state index in [0.717, 1.165) is 40.9 Å². The molecule has 0 spiro atoms. The standard InChI is InChI=1S/C21H16FN5/c22-16-5-2-14(3-6-16)15-4-7-17-18(12-15)25-20(19-13-23-8-9-24-19)26-21(17)27-10-1-11-27/h2-9,12-13H,1,10-11H2. The number of benzene rings is 2. The van der Waals surface area contributed by atoms with Crippen LogP contribution in [0.5, 0.6) is 0 Å². The van der Waals surface area contributed by atoms with Crippen molar-refractivity contribution in [1.82, 2.24) is 19.9 Å². The first-order valence-corrected chi connectivity index (χ1v) is 8.87. The van der Waals surface area contributed by atoms with Gasteiger partial charge in [0, 0.05) is 30.9 Å². The van der Waals surface area contributed by atoms with Crippen molar-refractivity contribution >= 4 is 16.7 Å². The molecule has 1 saturated heterocycles. The summed E-state index contributed by atoms with van der Waals surface area (Å²) in [5, 5.41) is 1.01. The maximum atomic E-state index is 13.2. The van der Waals surface area contributed by atoms with Crippen molar-refractivity contribution in [3.05, 3.63) is 66.9 Å². The average Bonchev–Trinajstić information content (AvgIpc) is 2.67. The van der Waals surface area contributed by atoms with E-state index in [1.165, 1.54) is 18.6 Å². The highest BCUT2D eigenvalue weighted by Gasteiger charge is 2.21. The minimum atomic E-state index is -0.244. The number of fused-ring (bicyclic) bond motifs is 1. The third-order valence-electron chi connectivity index (χ3n) is 4.80. The van der Waals surface area contributed by atoms with Gasteiger partial charge in [-0.3, -0.25) is 4.98 Å². The molecule has 0 bridgehead atoms. The Hall–Kier alpha value is -3.41. The SMILES string of the molecule is Fc1ccc(-c2ccc3c(N4CCC4)nc(-c4cnccn4)nc3c2)cc1. The third kappa shape index (κ3) is 2.89. The first kappa shape index (κ1) is 15.8. The smallest absolute Gasteiger partial charge is 0.182 e. The Morgan fingerprint density at radius 3 is 2.41 bits per heavy atom. The average molecular weight is 357 g/mol. The molecule has 4 aromatic rings. The van der Waals surface area contributed by atoms with E-state index in [2.05, 4.69) is 14.9 Å². The summed E-state index contributed by atoms with van der Waals surface area (Å²) in [6.07, 6.45) is 6.11. The number of anilines is 1. The highest BCUT2D eigenvalue weighted by molar-refractivity contribution is 5.94. The first-order chi connectivity index (χ1) is 13.3. The van der Waals surface area contributed by atoms with E-state index in [1.54, 1.807) is 30.7 Å². The van der Waals surface area contributed by atoms with Gasteiger partial charge in [-0.2, -0.15) is 0 Å². The largest absolute Gasteiger partial charge is 0.356 e.